The van der Waals surface area contributed by atoms with Crippen LogP contribution in [0, 0.1) is 6.92 Å². The minimum atomic E-state index is -0.503. The van der Waals surface area contributed by atoms with Crippen LogP contribution >= 0.6 is 15.9 Å². The first kappa shape index (κ1) is 15.5. The second-order valence-electron chi connectivity index (χ2n) is 4.18. The summed E-state index contributed by atoms with van der Waals surface area (Å²) in [6, 6.07) is 4.74. The molecule has 3 N–H and O–H groups in total. The van der Waals surface area contributed by atoms with Gasteiger partial charge in [0.2, 0.25) is 5.91 Å². The fourth-order valence-electron chi connectivity index (χ4n) is 1.42. The third-order valence-corrected chi connectivity index (χ3v) is 3.38. The maximum absolute atomic E-state index is 11.7. The van der Waals surface area contributed by atoms with Crippen molar-refractivity contribution in [3.8, 4) is 0 Å². The van der Waals surface area contributed by atoms with Crippen molar-refractivity contribution in [1.82, 2.24) is 10.6 Å². The van der Waals surface area contributed by atoms with Crippen LogP contribution < -0.4 is 16.0 Å². The number of carbonyl (C=O) groups excluding carboxylic acids is 2. The van der Waals surface area contributed by atoms with Crippen molar-refractivity contribution < 1.29 is 9.59 Å². The monoisotopic (exact) mass is 327 g/mol. The molecule has 104 valence electrons. The van der Waals surface area contributed by atoms with Gasteiger partial charge in [-0.25, -0.2) is 4.79 Å². The SMILES string of the molecule is CCNC(=O)NC(=O)C(C)Nc1ccc(C)c(Br)c1. The zero-order valence-electron chi connectivity index (χ0n) is 11.2. The van der Waals surface area contributed by atoms with Crippen LogP contribution in [0.25, 0.3) is 0 Å². The Morgan fingerprint density at radius 3 is 2.63 bits per heavy atom. The third-order valence-electron chi connectivity index (χ3n) is 2.52. The van der Waals surface area contributed by atoms with Crippen LogP contribution in [0.3, 0.4) is 0 Å². The number of nitrogens with one attached hydrogen (secondary N) is 3. The van der Waals surface area contributed by atoms with Crippen molar-refractivity contribution in [1.29, 1.82) is 0 Å². The van der Waals surface area contributed by atoms with E-state index in [2.05, 4.69) is 31.9 Å². The number of amides is 3. The van der Waals surface area contributed by atoms with Crippen LogP contribution in [0.4, 0.5) is 10.5 Å². The lowest BCUT2D eigenvalue weighted by molar-refractivity contribution is -0.120. The maximum atomic E-state index is 11.7. The number of rotatable bonds is 4. The highest BCUT2D eigenvalue weighted by Crippen LogP contribution is 2.21. The van der Waals surface area contributed by atoms with E-state index in [9.17, 15) is 9.59 Å². The molecule has 0 aliphatic rings. The summed E-state index contributed by atoms with van der Waals surface area (Å²) >= 11 is 3.43. The van der Waals surface area contributed by atoms with Gasteiger partial charge in [-0.3, -0.25) is 10.1 Å². The zero-order valence-corrected chi connectivity index (χ0v) is 12.8. The molecule has 1 unspecified atom stereocenters. The predicted molar refractivity (Wildman–Crippen MR) is 79.2 cm³/mol. The molecule has 19 heavy (non-hydrogen) atoms. The third kappa shape index (κ3) is 4.90. The van der Waals surface area contributed by atoms with E-state index in [4.69, 9.17) is 0 Å². The Bertz CT molecular complexity index is 477. The first-order chi connectivity index (χ1) is 8.93. The molecule has 6 heteroatoms. The molecule has 1 aromatic rings. The Morgan fingerprint density at radius 2 is 2.05 bits per heavy atom. The van der Waals surface area contributed by atoms with E-state index in [1.54, 1.807) is 13.8 Å². The van der Waals surface area contributed by atoms with Crippen molar-refractivity contribution in [3.63, 3.8) is 0 Å². The summed E-state index contributed by atoms with van der Waals surface area (Å²) in [5.41, 5.74) is 1.93. The number of urea groups is 1. The Labute approximate surface area is 121 Å². The standard InChI is InChI=1S/C13H18BrN3O2/c1-4-15-13(19)17-12(18)9(3)16-10-6-5-8(2)11(14)7-10/h5-7,9,16H,4H2,1-3H3,(H2,15,17,18,19). The lowest BCUT2D eigenvalue weighted by Gasteiger charge is -2.15. The summed E-state index contributed by atoms with van der Waals surface area (Å²) in [6.07, 6.45) is 0. The number of benzene rings is 1. The molecule has 0 spiro atoms. The van der Waals surface area contributed by atoms with E-state index < -0.39 is 12.1 Å². The smallest absolute Gasteiger partial charge is 0.321 e. The molecule has 0 saturated heterocycles. The molecule has 0 aliphatic carbocycles. The van der Waals surface area contributed by atoms with Crippen molar-refractivity contribution in [2.24, 2.45) is 0 Å². The Kier molecular flexibility index (Phi) is 5.82. The molecular formula is C13H18BrN3O2. The van der Waals surface area contributed by atoms with Crippen molar-refractivity contribution >= 4 is 33.6 Å². The molecule has 1 aromatic carbocycles. The summed E-state index contributed by atoms with van der Waals surface area (Å²) in [5, 5.41) is 7.80. The highest BCUT2D eigenvalue weighted by atomic mass is 79.9. The number of halogens is 1. The second kappa shape index (κ2) is 7.13. The first-order valence-corrected chi connectivity index (χ1v) is 6.84. The first-order valence-electron chi connectivity index (χ1n) is 6.05. The van der Waals surface area contributed by atoms with Crippen molar-refractivity contribution in [2.45, 2.75) is 26.8 Å². The van der Waals surface area contributed by atoms with Gasteiger partial charge < -0.3 is 10.6 Å². The Hall–Kier alpha value is -1.56. The van der Waals surface area contributed by atoms with E-state index in [0.29, 0.717) is 6.54 Å². The number of aryl methyl sites for hydroxylation is 1. The van der Waals surface area contributed by atoms with Crippen LogP contribution in [-0.4, -0.2) is 24.5 Å². The average Bonchev–Trinajstić information content (AvgIpc) is 2.34. The summed E-state index contributed by atoms with van der Waals surface area (Å²) in [4.78, 5) is 23.0. The second-order valence-corrected chi connectivity index (χ2v) is 5.03. The van der Waals surface area contributed by atoms with E-state index in [-0.39, 0.29) is 5.91 Å². The van der Waals surface area contributed by atoms with Gasteiger partial charge in [-0.15, -0.1) is 0 Å². The Balaban J connectivity index is 2.58. The molecule has 0 bridgehead atoms. The molecule has 5 nitrogen and oxygen atoms in total. The fourth-order valence-corrected chi connectivity index (χ4v) is 1.80. The number of carbonyl (C=O) groups is 2. The van der Waals surface area contributed by atoms with Crippen molar-refractivity contribution in [2.75, 3.05) is 11.9 Å². The predicted octanol–water partition coefficient (Wildman–Crippen LogP) is 2.40. The van der Waals surface area contributed by atoms with E-state index in [1.807, 2.05) is 25.1 Å². The molecular weight excluding hydrogens is 310 g/mol. The number of anilines is 1. The minimum Gasteiger partial charge on any atom is -0.374 e. The van der Waals surface area contributed by atoms with Gasteiger partial charge in [0.15, 0.2) is 0 Å². The summed E-state index contributed by atoms with van der Waals surface area (Å²) in [5.74, 6) is -0.373. The van der Waals surface area contributed by atoms with Gasteiger partial charge in [-0.2, -0.15) is 0 Å². The molecule has 0 aromatic heterocycles. The Morgan fingerprint density at radius 1 is 1.37 bits per heavy atom. The van der Waals surface area contributed by atoms with Crippen LogP contribution in [-0.2, 0) is 4.79 Å². The van der Waals surface area contributed by atoms with Crippen LogP contribution in [0.15, 0.2) is 22.7 Å². The lowest BCUT2D eigenvalue weighted by atomic mass is 10.2. The van der Waals surface area contributed by atoms with Crippen LogP contribution in [0.1, 0.15) is 19.4 Å². The quantitative estimate of drug-likeness (QED) is 0.795. The average molecular weight is 328 g/mol. The van der Waals surface area contributed by atoms with Crippen LogP contribution in [0.2, 0.25) is 0 Å². The van der Waals surface area contributed by atoms with Gasteiger partial charge >= 0.3 is 6.03 Å². The molecule has 1 atom stereocenters. The highest BCUT2D eigenvalue weighted by molar-refractivity contribution is 9.10. The number of hydrogen-bond donors (Lipinski definition) is 3. The molecule has 0 fully saturated rings. The summed E-state index contributed by atoms with van der Waals surface area (Å²) < 4.78 is 0.967. The molecule has 0 aliphatic heterocycles. The lowest BCUT2D eigenvalue weighted by Crippen LogP contribution is -2.45. The van der Waals surface area contributed by atoms with Crippen molar-refractivity contribution in [3.05, 3.63) is 28.2 Å². The largest absolute Gasteiger partial charge is 0.374 e. The van der Waals surface area contributed by atoms with Gasteiger partial charge in [-0.1, -0.05) is 22.0 Å². The van der Waals surface area contributed by atoms with Gasteiger partial charge in [0.05, 0.1) is 0 Å². The van der Waals surface area contributed by atoms with E-state index >= 15 is 0 Å². The molecule has 0 radical (unpaired) electrons. The van der Waals surface area contributed by atoms with Gasteiger partial charge in [0, 0.05) is 16.7 Å². The van der Waals surface area contributed by atoms with E-state index in [1.165, 1.54) is 0 Å². The highest BCUT2D eigenvalue weighted by Gasteiger charge is 2.15. The fraction of sp³-hybridized carbons (Fsp3) is 0.385. The molecule has 0 saturated carbocycles. The van der Waals surface area contributed by atoms with Gasteiger partial charge in [0.25, 0.3) is 0 Å². The molecule has 1 rings (SSSR count). The van der Waals surface area contributed by atoms with Gasteiger partial charge in [-0.05, 0) is 38.5 Å². The zero-order chi connectivity index (χ0) is 14.4. The van der Waals surface area contributed by atoms with Crippen LogP contribution in [0.5, 0.6) is 0 Å². The summed E-state index contributed by atoms with van der Waals surface area (Å²) in [6.45, 7) is 5.95. The summed E-state index contributed by atoms with van der Waals surface area (Å²) in [7, 11) is 0. The normalized spacial score (nSPS) is 11.6. The molecule has 0 heterocycles. The minimum absolute atomic E-state index is 0.373. The van der Waals surface area contributed by atoms with Gasteiger partial charge in [0.1, 0.15) is 6.04 Å². The number of imide groups is 1. The number of hydrogen-bond acceptors (Lipinski definition) is 3. The molecule has 3 amide bonds. The topological polar surface area (TPSA) is 70.2 Å². The maximum Gasteiger partial charge on any atom is 0.321 e. The van der Waals surface area contributed by atoms with E-state index in [0.717, 1.165) is 15.7 Å².